The molecular weight excluding hydrogens is 378 g/mol. The Morgan fingerprint density at radius 2 is 1.96 bits per heavy atom. The van der Waals surface area contributed by atoms with Crippen LogP contribution in [0, 0.1) is 6.92 Å². The number of aryl methyl sites for hydroxylation is 1. The van der Waals surface area contributed by atoms with E-state index < -0.39 is 0 Å². The van der Waals surface area contributed by atoms with Gasteiger partial charge in [0.2, 0.25) is 0 Å². The third-order valence-corrected chi connectivity index (χ3v) is 5.46. The number of carbonyl (C=O) groups excluding carboxylic acids is 1. The van der Waals surface area contributed by atoms with Gasteiger partial charge in [0.15, 0.2) is 5.13 Å². The third kappa shape index (κ3) is 3.84. The Balaban J connectivity index is 1.76. The molecule has 0 aliphatic carbocycles. The molecule has 4 nitrogen and oxygen atoms in total. The fourth-order valence-electron chi connectivity index (χ4n) is 2.78. The first kappa shape index (κ1) is 17.6. The molecule has 0 radical (unpaired) electrons. The number of halogens is 1. The van der Waals surface area contributed by atoms with Crippen molar-refractivity contribution in [2.24, 2.45) is 0 Å². The molecule has 6 heteroatoms. The SMILES string of the molecule is Cc1ccc2nc(N(Cc3cccnc3)C(=O)c3ccc(Cl)cc3)sc2c1. The van der Waals surface area contributed by atoms with Gasteiger partial charge in [-0.15, -0.1) is 0 Å². The number of rotatable bonds is 4. The second kappa shape index (κ2) is 7.47. The van der Waals surface area contributed by atoms with E-state index in [1.54, 1.807) is 41.6 Å². The maximum atomic E-state index is 13.2. The number of benzene rings is 2. The van der Waals surface area contributed by atoms with Crippen LogP contribution in [-0.4, -0.2) is 15.9 Å². The van der Waals surface area contributed by atoms with E-state index in [9.17, 15) is 4.79 Å². The van der Waals surface area contributed by atoms with E-state index in [1.165, 1.54) is 16.9 Å². The van der Waals surface area contributed by atoms with Crippen molar-refractivity contribution in [3.63, 3.8) is 0 Å². The van der Waals surface area contributed by atoms with E-state index in [-0.39, 0.29) is 5.91 Å². The fraction of sp³-hybridized carbons (Fsp3) is 0.0952. The van der Waals surface area contributed by atoms with Crippen molar-refractivity contribution >= 4 is 44.2 Å². The Bertz CT molecular complexity index is 1090. The van der Waals surface area contributed by atoms with Crippen molar-refractivity contribution in [2.45, 2.75) is 13.5 Å². The van der Waals surface area contributed by atoms with Gasteiger partial charge in [-0.2, -0.15) is 0 Å². The second-order valence-electron chi connectivity index (χ2n) is 6.23. The molecule has 134 valence electrons. The predicted molar refractivity (Wildman–Crippen MR) is 111 cm³/mol. The highest BCUT2D eigenvalue weighted by atomic mass is 35.5. The van der Waals surface area contributed by atoms with Crippen LogP contribution < -0.4 is 4.90 Å². The van der Waals surface area contributed by atoms with Crippen molar-refractivity contribution in [1.29, 1.82) is 0 Å². The first-order chi connectivity index (χ1) is 13.1. The number of anilines is 1. The first-order valence-corrected chi connectivity index (χ1v) is 9.63. The summed E-state index contributed by atoms with van der Waals surface area (Å²) < 4.78 is 1.06. The molecule has 0 saturated heterocycles. The van der Waals surface area contributed by atoms with Gasteiger partial charge >= 0.3 is 0 Å². The highest BCUT2D eigenvalue weighted by Gasteiger charge is 2.22. The summed E-state index contributed by atoms with van der Waals surface area (Å²) in [5, 5.41) is 1.26. The molecule has 0 N–H and O–H groups in total. The lowest BCUT2D eigenvalue weighted by molar-refractivity contribution is 0.0985. The Labute approximate surface area is 166 Å². The largest absolute Gasteiger partial charge is 0.279 e. The van der Waals surface area contributed by atoms with Crippen LogP contribution in [0.15, 0.2) is 67.0 Å². The average Bonchev–Trinajstić information content (AvgIpc) is 3.10. The summed E-state index contributed by atoms with van der Waals surface area (Å²) in [6, 6.07) is 16.8. The van der Waals surface area contributed by atoms with Crippen molar-refractivity contribution in [2.75, 3.05) is 4.90 Å². The summed E-state index contributed by atoms with van der Waals surface area (Å²) in [6.45, 7) is 2.44. The normalized spacial score (nSPS) is 10.9. The number of aromatic nitrogens is 2. The summed E-state index contributed by atoms with van der Waals surface area (Å²) in [5.74, 6) is -0.119. The zero-order valence-electron chi connectivity index (χ0n) is 14.6. The van der Waals surface area contributed by atoms with Gasteiger partial charge in [0.25, 0.3) is 5.91 Å². The van der Waals surface area contributed by atoms with Crippen molar-refractivity contribution < 1.29 is 4.79 Å². The van der Waals surface area contributed by atoms with Crippen molar-refractivity contribution in [3.05, 3.63) is 88.7 Å². The lowest BCUT2D eigenvalue weighted by atomic mass is 10.2. The Morgan fingerprint density at radius 1 is 1.15 bits per heavy atom. The number of hydrogen-bond donors (Lipinski definition) is 0. The lowest BCUT2D eigenvalue weighted by Crippen LogP contribution is -2.30. The van der Waals surface area contributed by atoms with E-state index in [4.69, 9.17) is 16.6 Å². The number of thiazole rings is 1. The Hall–Kier alpha value is -2.76. The summed E-state index contributed by atoms with van der Waals surface area (Å²) in [6.07, 6.45) is 3.48. The molecule has 2 heterocycles. The quantitative estimate of drug-likeness (QED) is 0.460. The van der Waals surface area contributed by atoms with Crippen LogP contribution in [0.1, 0.15) is 21.5 Å². The number of hydrogen-bond acceptors (Lipinski definition) is 4. The predicted octanol–water partition coefficient (Wildman–Crippen LogP) is 5.50. The third-order valence-electron chi connectivity index (χ3n) is 4.16. The summed E-state index contributed by atoms with van der Waals surface area (Å²) in [5.41, 5.74) is 3.57. The average molecular weight is 394 g/mol. The number of carbonyl (C=O) groups is 1. The van der Waals surface area contributed by atoms with Crippen molar-refractivity contribution in [1.82, 2.24) is 9.97 Å². The zero-order chi connectivity index (χ0) is 18.8. The minimum atomic E-state index is -0.119. The van der Waals surface area contributed by atoms with E-state index >= 15 is 0 Å². The Kier molecular flexibility index (Phi) is 4.88. The zero-order valence-corrected chi connectivity index (χ0v) is 16.2. The molecule has 0 aliphatic heterocycles. The van der Waals surface area contributed by atoms with Crippen LogP contribution in [0.4, 0.5) is 5.13 Å². The van der Waals surface area contributed by atoms with Crippen LogP contribution >= 0.6 is 22.9 Å². The molecule has 0 aliphatic rings. The van der Waals surface area contributed by atoms with Gasteiger partial charge in [0.1, 0.15) is 0 Å². The molecule has 2 aromatic heterocycles. The van der Waals surface area contributed by atoms with Crippen molar-refractivity contribution in [3.8, 4) is 0 Å². The number of nitrogens with zero attached hydrogens (tertiary/aromatic N) is 3. The summed E-state index contributed by atoms with van der Waals surface area (Å²) in [4.78, 5) is 23.8. The lowest BCUT2D eigenvalue weighted by Gasteiger charge is -2.20. The smallest absolute Gasteiger partial charge is 0.260 e. The van der Waals surface area contributed by atoms with Gasteiger partial charge in [-0.3, -0.25) is 14.7 Å². The van der Waals surface area contributed by atoms with E-state index in [1.807, 2.05) is 31.2 Å². The Morgan fingerprint density at radius 3 is 2.70 bits per heavy atom. The fourth-order valence-corrected chi connectivity index (χ4v) is 3.97. The van der Waals surface area contributed by atoms with Gasteiger partial charge in [-0.1, -0.05) is 35.1 Å². The molecule has 0 atom stereocenters. The maximum Gasteiger partial charge on any atom is 0.260 e. The molecular formula is C21H16ClN3OS. The molecule has 4 rings (SSSR count). The van der Waals surface area contributed by atoms with E-state index in [0.29, 0.717) is 22.3 Å². The van der Waals surface area contributed by atoms with Crippen LogP contribution in [0.3, 0.4) is 0 Å². The molecule has 2 aromatic carbocycles. The van der Waals surface area contributed by atoms with Crippen LogP contribution in [0.5, 0.6) is 0 Å². The molecule has 0 saturated carbocycles. The number of amides is 1. The van der Waals surface area contributed by atoms with E-state index in [0.717, 1.165) is 15.8 Å². The minimum absolute atomic E-state index is 0.119. The van der Waals surface area contributed by atoms with Gasteiger partial charge in [-0.25, -0.2) is 4.98 Å². The topological polar surface area (TPSA) is 46.1 Å². The van der Waals surface area contributed by atoms with Gasteiger partial charge in [-0.05, 0) is 60.5 Å². The van der Waals surface area contributed by atoms with Gasteiger partial charge < -0.3 is 0 Å². The molecule has 4 aromatic rings. The number of pyridine rings is 1. The minimum Gasteiger partial charge on any atom is -0.279 e. The van der Waals surface area contributed by atoms with Crippen LogP contribution in [-0.2, 0) is 6.54 Å². The van der Waals surface area contributed by atoms with Gasteiger partial charge in [0, 0.05) is 23.0 Å². The van der Waals surface area contributed by atoms with Crippen LogP contribution in [0.25, 0.3) is 10.2 Å². The number of fused-ring (bicyclic) bond motifs is 1. The monoisotopic (exact) mass is 393 g/mol. The molecule has 0 bridgehead atoms. The molecule has 0 fully saturated rings. The highest BCUT2D eigenvalue weighted by molar-refractivity contribution is 7.22. The molecule has 1 amide bonds. The first-order valence-electron chi connectivity index (χ1n) is 8.44. The summed E-state index contributed by atoms with van der Waals surface area (Å²) in [7, 11) is 0. The molecule has 27 heavy (non-hydrogen) atoms. The molecule has 0 spiro atoms. The molecule has 0 unspecified atom stereocenters. The standard InChI is InChI=1S/C21H16ClN3OS/c1-14-4-9-18-19(11-14)27-21(24-18)25(13-15-3-2-10-23-12-15)20(26)16-5-7-17(22)8-6-16/h2-12H,13H2,1H3. The maximum absolute atomic E-state index is 13.2. The highest BCUT2D eigenvalue weighted by Crippen LogP contribution is 2.31. The van der Waals surface area contributed by atoms with Crippen LogP contribution in [0.2, 0.25) is 5.02 Å². The summed E-state index contributed by atoms with van der Waals surface area (Å²) >= 11 is 7.48. The van der Waals surface area contributed by atoms with Gasteiger partial charge in [0.05, 0.1) is 16.8 Å². The van der Waals surface area contributed by atoms with E-state index in [2.05, 4.69) is 11.1 Å². The second-order valence-corrected chi connectivity index (χ2v) is 7.67.